The van der Waals surface area contributed by atoms with E-state index in [2.05, 4.69) is 15.3 Å². The summed E-state index contributed by atoms with van der Waals surface area (Å²) in [6.07, 6.45) is 2.89. The number of hydrogen-bond acceptors (Lipinski definition) is 8. The van der Waals surface area contributed by atoms with Crippen molar-refractivity contribution in [1.82, 2.24) is 9.97 Å². The number of aryl methyl sites for hydroxylation is 1. The van der Waals surface area contributed by atoms with Crippen LogP contribution in [0.4, 0.5) is 5.69 Å². The van der Waals surface area contributed by atoms with Gasteiger partial charge in [-0.05, 0) is 43.7 Å². The molecule has 1 aromatic carbocycles. The van der Waals surface area contributed by atoms with E-state index in [-0.39, 0.29) is 17.2 Å². The van der Waals surface area contributed by atoms with Gasteiger partial charge in [0, 0.05) is 11.1 Å². The van der Waals surface area contributed by atoms with Crippen molar-refractivity contribution in [3.63, 3.8) is 0 Å². The number of esters is 1. The van der Waals surface area contributed by atoms with Crippen LogP contribution in [0.1, 0.15) is 32.8 Å². The Labute approximate surface area is 177 Å². The molecule has 0 bridgehead atoms. The van der Waals surface area contributed by atoms with Gasteiger partial charge in [0.05, 0.1) is 38.4 Å². The van der Waals surface area contributed by atoms with E-state index in [0.717, 1.165) is 10.4 Å². The summed E-state index contributed by atoms with van der Waals surface area (Å²) in [6, 6.07) is 7.14. The van der Waals surface area contributed by atoms with Gasteiger partial charge in [-0.2, -0.15) is 0 Å². The molecule has 1 amide bonds. The summed E-state index contributed by atoms with van der Waals surface area (Å²) in [5.74, 6) is 0.167. The van der Waals surface area contributed by atoms with Crippen molar-refractivity contribution in [2.45, 2.75) is 13.8 Å². The van der Waals surface area contributed by atoms with Gasteiger partial charge >= 0.3 is 5.97 Å². The van der Waals surface area contributed by atoms with Crippen molar-refractivity contribution in [1.29, 1.82) is 0 Å². The first-order chi connectivity index (χ1) is 14.5. The van der Waals surface area contributed by atoms with Gasteiger partial charge in [-0.1, -0.05) is 0 Å². The van der Waals surface area contributed by atoms with Crippen LogP contribution in [0.15, 0.2) is 36.7 Å². The summed E-state index contributed by atoms with van der Waals surface area (Å²) in [6.45, 7) is 3.72. The number of aromatic nitrogens is 2. The molecule has 3 aromatic rings. The van der Waals surface area contributed by atoms with Gasteiger partial charge in [0.25, 0.3) is 5.91 Å². The number of carbonyl (C=O) groups is 2. The standard InChI is InChI=1S/C21H21N3O5S/c1-5-29-21(26)19-14(24-20(25)15-11-22-12(2)10-23-15)9-18(30-19)13-6-7-16(27-3)17(8-13)28-4/h6-11H,5H2,1-4H3,(H,24,25). The summed E-state index contributed by atoms with van der Waals surface area (Å²) >= 11 is 1.21. The first kappa shape index (κ1) is 21.3. The summed E-state index contributed by atoms with van der Waals surface area (Å²) in [5.41, 5.74) is 1.99. The van der Waals surface area contributed by atoms with Crippen LogP contribution >= 0.6 is 11.3 Å². The van der Waals surface area contributed by atoms with Crippen LogP contribution in [0, 0.1) is 6.92 Å². The number of benzene rings is 1. The number of nitrogens with one attached hydrogen (secondary N) is 1. The number of hydrogen-bond donors (Lipinski definition) is 1. The number of thiophene rings is 1. The maximum absolute atomic E-state index is 12.6. The first-order valence-corrected chi connectivity index (χ1v) is 9.91. The van der Waals surface area contributed by atoms with E-state index in [9.17, 15) is 9.59 Å². The topological polar surface area (TPSA) is 99.6 Å². The van der Waals surface area contributed by atoms with E-state index in [1.807, 2.05) is 6.07 Å². The number of ether oxygens (including phenoxy) is 3. The fraction of sp³-hybridized carbons (Fsp3) is 0.238. The van der Waals surface area contributed by atoms with E-state index >= 15 is 0 Å². The molecule has 2 aromatic heterocycles. The Hall–Kier alpha value is -3.46. The predicted octanol–water partition coefficient (Wildman–Crippen LogP) is 3.96. The molecule has 0 fully saturated rings. The maximum atomic E-state index is 12.6. The normalized spacial score (nSPS) is 10.4. The number of rotatable bonds is 7. The van der Waals surface area contributed by atoms with Crippen molar-refractivity contribution in [3.8, 4) is 21.9 Å². The lowest BCUT2D eigenvalue weighted by Gasteiger charge is -2.08. The molecule has 0 saturated heterocycles. The van der Waals surface area contributed by atoms with Crippen LogP contribution < -0.4 is 14.8 Å². The first-order valence-electron chi connectivity index (χ1n) is 9.10. The Morgan fingerprint density at radius 2 is 1.83 bits per heavy atom. The Balaban J connectivity index is 1.98. The van der Waals surface area contributed by atoms with E-state index in [1.165, 1.54) is 23.7 Å². The highest BCUT2D eigenvalue weighted by atomic mass is 32.1. The molecule has 2 heterocycles. The molecule has 0 saturated carbocycles. The molecular formula is C21H21N3O5S. The average Bonchev–Trinajstić information content (AvgIpc) is 3.17. The fourth-order valence-corrected chi connectivity index (χ4v) is 3.66. The number of nitrogens with zero attached hydrogens (tertiary/aromatic N) is 2. The number of amides is 1. The zero-order valence-electron chi connectivity index (χ0n) is 17.0. The summed E-state index contributed by atoms with van der Waals surface area (Å²) in [5, 5.41) is 2.74. The van der Waals surface area contributed by atoms with Crippen LogP contribution in [0.5, 0.6) is 11.5 Å². The second-order valence-corrected chi connectivity index (χ2v) is 7.19. The van der Waals surface area contributed by atoms with Crippen LogP contribution in [-0.4, -0.2) is 42.7 Å². The number of methoxy groups -OCH3 is 2. The summed E-state index contributed by atoms with van der Waals surface area (Å²) < 4.78 is 15.8. The Kier molecular flexibility index (Phi) is 6.63. The Bertz CT molecular complexity index is 1060. The molecule has 0 atom stereocenters. The average molecular weight is 427 g/mol. The highest BCUT2D eigenvalue weighted by molar-refractivity contribution is 7.18. The highest BCUT2D eigenvalue weighted by Crippen LogP contribution is 2.39. The van der Waals surface area contributed by atoms with Gasteiger partial charge in [-0.15, -0.1) is 11.3 Å². The molecule has 9 heteroatoms. The van der Waals surface area contributed by atoms with Crippen LogP contribution in [-0.2, 0) is 4.74 Å². The minimum atomic E-state index is -0.514. The molecular weight excluding hydrogens is 406 g/mol. The zero-order chi connectivity index (χ0) is 21.7. The third kappa shape index (κ3) is 4.57. The number of anilines is 1. The van der Waals surface area contributed by atoms with Gasteiger partial charge < -0.3 is 19.5 Å². The molecule has 0 aliphatic carbocycles. The molecule has 0 unspecified atom stereocenters. The predicted molar refractivity (Wildman–Crippen MR) is 114 cm³/mol. The molecule has 3 rings (SSSR count). The molecule has 156 valence electrons. The van der Waals surface area contributed by atoms with Crippen molar-refractivity contribution in [3.05, 3.63) is 52.9 Å². The minimum absolute atomic E-state index is 0.147. The fourth-order valence-electron chi connectivity index (χ4n) is 2.66. The van der Waals surface area contributed by atoms with Gasteiger partial charge in [0.2, 0.25) is 0 Å². The van der Waals surface area contributed by atoms with Gasteiger partial charge in [0.1, 0.15) is 10.6 Å². The van der Waals surface area contributed by atoms with Crippen LogP contribution in [0.3, 0.4) is 0 Å². The minimum Gasteiger partial charge on any atom is -0.493 e. The van der Waals surface area contributed by atoms with Crippen molar-refractivity contribution in [2.75, 3.05) is 26.1 Å². The quantitative estimate of drug-likeness (QED) is 0.570. The lowest BCUT2D eigenvalue weighted by molar-refractivity contribution is 0.0533. The third-order valence-electron chi connectivity index (χ3n) is 4.12. The summed E-state index contributed by atoms with van der Waals surface area (Å²) in [7, 11) is 3.11. The molecule has 8 nitrogen and oxygen atoms in total. The SMILES string of the molecule is CCOC(=O)c1sc(-c2ccc(OC)c(OC)c2)cc1NC(=O)c1cnc(C)cn1. The monoisotopic (exact) mass is 427 g/mol. The number of carbonyl (C=O) groups excluding carboxylic acids is 2. The molecule has 0 spiro atoms. The lowest BCUT2D eigenvalue weighted by Crippen LogP contribution is -2.16. The van der Waals surface area contributed by atoms with E-state index in [0.29, 0.717) is 22.9 Å². The van der Waals surface area contributed by atoms with Crippen molar-refractivity contribution < 1.29 is 23.8 Å². The molecule has 30 heavy (non-hydrogen) atoms. The second-order valence-electron chi connectivity index (χ2n) is 6.14. The molecule has 0 radical (unpaired) electrons. The zero-order valence-corrected chi connectivity index (χ0v) is 17.8. The second kappa shape index (κ2) is 9.36. The Morgan fingerprint density at radius 1 is 1.07 bits per heavy atom. The summed E-state index contributed by atoms with van der Waals surface area (Å²) in [4.78, 5) is 34.2. The maximum Gasteiger partial charge on any atom is 0.350 e. The van der Waals surface area contributed by atoms with Gasteiger partial charge in [-0.25, -0.2) is 9.78 Å². The Morgan fingerprint density at radius 3 is 2.47 bits per heavy atom. The molecule has 0 aliphatic rings. The van der Waals surface area contributed by atoms with E-state index in [4.69, 9.17) is 14.2 Å². The van der Waals surface area contributed by atoms with E-state index < -0.39 is 11.9 Å². The highest BCUT2D eigenvalue weighted by Gasteiger charge is 2.21. The van der Waals surface area contributed by atoms with Crippen molar-refractivity contribution in [2.24, 2.45) is 0 Å². The van der Waals surface area contributed by atoms with Gasteiger partial charge in [0.15, 0.2) is 11.5 Å². The van der Waals surface area contributed by atoms with Crippen molar-refractivity contribution >= 4 is 28.9 Å². The smallest absolute Gasteiger partial charge is 0.350 e. The molecule has 0 aliphatic heterocycles. The van der Waals surface area contributed by atoms with E-state index in [1.54, 1.807) is 46.3 Å². The van der Waals surface area contributed by atoms with Crippen LogP contribution in [0.2, 0.25) is 0 Å². The lowest BCUT2D eigenvalue weighted by atomic mass is 10.1. The largest absolute Gasteiger partial charge is 0.493 e. The van der Waals surface area contributed by atoms with Gasteiger partial charge in [-0.3, -0.25) is 9.78 Å². The van der Waals surface area contributed by atoms with Crippen LogP contribution in [0.25, 0.3) is 10.4 Å². The third-order valence-corrected chi connectivity index (χ3v) is 5.29. The molecule has 1 N–H and O–H groups in total.